The predicted molar refractivity (Wildman–Crippen MR) is 93.1 cm³/mol. The molecule has 3 rings (SSSR count). The van der Waals surface area contributed by atoms with Gasteiger partial charge in [-0.1, -0.05) is 29.8 Å². The summed E-state index contributed by atoms with van der Waals surface area (Å²) in [5.41, 5.74) is 2.76. The Labute approximate surface area is 141 Å². The highest BCUT2D eigenvalue weighted by Crippen LogP contribution is 2.44. The second-order valence-electron chi connectivity index (χ2n) is 6.68. The minimum atomic E-state index is 0.435. The molecule has 0 atom stereocenters. The first-order valence-electron chi connectivity index (χ1n) is 8.48. The summed E-state index contributed by atoms with van der Waals surface area (Å²) < 4.78 is 13.1. The van der Waals surface area contributed by atoms with Gasteiger partial charge >= 0.3 is 0 Å². The van der Waals surface area contributed by atoms with E-state index in [1.54, 1.807) is 0 Å². The van der Waals surface area contributed by atoms with Crippen LogP contribution in [0, 0.1) is 5.92 Å². The van der Waals surface area contributed by atoms with Crippen LogP contribution in [0.2, 0.25) is 0 Å². The Morgan fingerprint density at radius 2 is 1.95 bits per heavy atom. The van der Waals surface area contributed by atoms with Gasteiger partial charge in [-0.3, -0.25) is 0 Å². The molecule has 1 fully saturated rings. The van der Waals surface area contributed by atoms with E-state index in [4.69, 9.17) is 9.47 Å². The van der Waals surface area contributed by atoms with Crippen LogP contribution >= 0.6 is 15.9 Å². The Bertz CT molecular complexity index is 524. The molecule has 0 saturated carbocycles. The quantitative estimate of drug-likeness (QED) is 0.864. The lowest BCUT2D eigenvalue weighted by Crippen LogP contribution is -2.29. The van der Waals surface area contributed by atoms with E-state index in [2.05, 4.69) is 41.2 Å². The molecular weight excluding hydrogens is 342 g/mol. The van der Waals surface area contributed by atoms with Gasteiger partial charge in [0.15, 0.2) is 11.5 Å². The van der Waals surface area contributed by atoms with Crippen LogP contribution in [0.1, 0.15) is 50.2 Å². The Morgan fingerprint density at radius 3 is 2.68 bits per heavy atom. The zero-order chi connectivity index (χ0) is 15.5. The third-order valence-electron chi connectivity index (χ3n) is 4.66. The molecule has 2 aliphatic heterocycles. The van der Waals surface area contributed by atoms with Crippen molar-refractivity contribution in [2.75, 3.05) is 26.3 Å². The van der Waals surface area contributed by atoms with E-state index in [0.29, 0.717) is 5.92 Å². The molecule has 0 aliphatic carbocycles. The number of piperidine rings is 1. The molecular formula is C18H26BrNO2. The van der Waals surface area contributed by atoms with E-state index in [0.717, 1.165) is 56.6 Å². The average Bonchev–Trinajstić information content (AvgIpc) is 2.73. The molecule has 0 amide bonds. The zero-order valence-corrected chi connectivity index (χ0v) is 15.2. The predicted octanol–water partition coefficient (Wildman–Crippen LogP) is 4.28. The molecule has 0 radical (unpaired) electrons. The summed E-state index contributed by atoms with van der Waals surface area (Å²) in [6.45, 7) is 8.28. The zero-order valence-electron chi connectivity index (χ0n) is 13.6. The van der Waals surface area contributed by atoms with Gasteiger partial charge in [-0.25, -0.2) is 0 Å². The number of rotatable bonds is 3. The first-order chi connectivity index (χ1) is 10.7. The molecule has 22 heavy (non-hydrogen) atoms. The summed E-state index contributed by atoms with van der Waals surface area (Å²) >= 11 is 3.80. The Balaban J connectivity index is 1.98. The largest absolute Gasteiger partial charge is 0.490 e. The summed E-state index contributed by atoms with van der Waals surface area (Å²) in [6, 6.07) is 2.11. The van der Waals surface area contributed by atoms with Crippen LogP contribution in [0.3, 0.4) is 0 Å². The van der Waals surface area contributed by atoms with Crippen molar-refractivity contribution in [3.63, 3.8) is 0 Å². The maximum Gasteiger partial charge on any atom is 0.164 e. The molecule has 1 N–H and O–H groups in total. The van der Waals surface area contributed by atoms with Crippen LogP contribution in [0.25, 0.3) is 0 Å². The Hall–Kier alpha value is -0.740. The molecule has 3 nitrogen and oxygen atoms in total. The van der Waals surface area contributed by atoms with Crippen LogP contribution in [0.15, 0.2) is 10.5 Å². The van der Waals surface area contributed by atoms with Gasteiger partial charge in [0.25, 0.3) is 0 Å². The van der Waals surface area contributed by atoms with Crippen LogP contribution in [-0.2, 0) is 6.42 Å². The number of hydrogen-bond acceptors (Lipinski definition) is 3. The molecule has 122 valence electrons. The number of ether oxygens (including phenoxy) is 2. The second-order valence-corrected chi connectivity index (χ2v) is 7.53. The highest BCUT2D eigenvalue weighted by Gasteiger charge is 2.25. The normalized spacial score (nSPS) is 19.3. The summed E-state index contributed by atoms with van der Waals surface area (Å²) in [5.74, 6) is 3.09. The smallest absolute Gasteiger partial charge is 0.164 e. The van der Waals surface area contributed by atoms with Crippen molar-refractivity contribution in [1.29, 1.82) is 0 Å². The maximum absolute atomic E-state index is 6.07. The number of halogens is 1. The van der Waals surface area contributed by atoms with Crippen molar-refractivity contribution >= 4 is 15.9 Å². The van der Waals surface area contributed by atoms with Gasteiger partial charge in [0.05, 0.1) is 13.2 Å². The molecule has 1 saturated heterocycles. The van der Waals surface area contributed by atoms with E-state index in [9.17, 15) is 0 Å². The van der Waals surface area contributed by atoms with Crippen molar-refractivity contribution < 1.29 is 9.47 Å². The van der Waals surface area contributed by atoms with Gasteiger partial charge in [-0.15, -0.1) is 0 Å². The monoisotopic (exact) mass is 367 g/mol. The summed E-state index contributed by atoms with van der Waals surface area (Å²) in [5, 5.41) is 3.45. The molecule has 4 heteroatoms. The molecule has 0 bridgehead atoms. The Morgan fingerprint density at radius 1 is 1.23 bits per heavy atom. The fraction of sp³-hybridized carbons (Fsp3) is 0.667. The van der Waals surface area contributed by atoms with Gasteiger partial charge in [-0.05, 0) is 55.8 Å². The van der Waals surface area contributed by atoms with Crippen molar-refractivity contribution in [3.05, 3.63) is 21.7 Å². The summed E-state index contributed by atoms with van der Waals surface area (Å²) in [6.07, 6.45) is 4.61. The lowest BCUT2D eigenvalue weighted by atomic mass is 9.86. The number of hydrogen-bond donors (Lipinski definition) is 1. The van der Waals surface area contributed by atoms with E-state index in [1.165, 1.54) is 28.4 Å². The lowest BCUT2D eigenvalue weighted by molar-refractivity contribution is 0.295. The van der Waals surface area contributed by atoms with Gasteiger partial charge in [0.2, 0.25) is 0 Å². The minimum Gasteiger partial charge on any atom is -0.490 e. The second kappa shape index (κ2) is 7.22. The molecule has 1 aromatic carbocycles. The van der Waals surface area contributed by atoms with Gasteiger partial charge < -0.3 is 14.8 Å². The summed E-state index contributed by atoms with van der Waals surface area (Å²) in [4.78, 5) is 0. The first-order valence-corrected chi connectivity index (χ1v) is 9.27. The minimum absolute atomic E-state index is 0.435. The van der Waals surface area contributed by atoms with E-state index < -0.39 is 0 Å². The van der Waals surface area contributed by atoms with Crippen molar-refractivity contribution in [2.24, 2.45) is 5.92 Å². The van der Waals surface area contributed by atoms with Gasteiger partial charge in [0.1, 0.15) is 0 Å². The third kappa shape index (κ3) is 3.43. The number of fused-ring (bicyclic) bond motifs is 1. The fourth-order valence-electron chi connectivity index (χ4n) is 3.53. The highest BCUT2D eigenvalue weighted by molar-refractivity contribution is 9.10. The van der Waals surface area contributed by atoms with Gasteiger partial charge in [-0.2, -0.15) is 0 Å². The number of benzene rings is 1. The van der Waals surface area contributed by atoms with E-state index in [1.807, 2.05) is 0 Å². The molecule has 0 unspecified atom stereocenters. The van der Waals surface area contributed by atoms with Crippen LogP contribution < -0.4 is 14.8 Å². The SMILES string of the molecule is CC(C)c1c(CC2CCNCC2)c(Br)cc2c1OCCCO2. The van der Waals surface area contributed by atoms with Gasteiger partial charge in [0, 0.05) is 16.5 Å². The topological polar surface area (TPSA) is 30.5 Å². The molecule has 2 aliphatic rings. The van der Waals surface area contributed by atoms with E-state index >= 15 is 0 Å². The molecule has 0 aromatic heterocycles. The Kier molecular flexibility index (Phi) is 5.29. The van der Waals surface area contributed by atoms with E-state index in [-0.39, 0.29) is 0 Å². The number of nitrogens with one attached hydrogen (secondary N) is 1. The standard InChI is InChI=1S/C18H26BrNO2/c1-12(2)17-14(10-13-4-6-20-7-5-13)15(19)11-16-18(17)22-9-3-8-21-16/h11-13,20H,3-10H2,1-2H3. The molecule has 1 aromatic rings. The van der Waals surface area contributed by atoms with Crippen LogP contribution in [0.5, 0.6) is 11.5 Å². The maximum atomic E-state index is 6.07. The highest BCUT2D eigenvalue weighted by atomic mass is 79.9. The van der Waals surface area contributed by atoms with Crippen molar-refractivity contribution in [2.45, 2.75) is 45.4 Å². The first kappa shape index (κ1) is 16.1. The third-order valence-corrected chi connectivity index (χ3v) is 5.37. The lowest BCUT2D eigenvalue weighted by Gasteiger charge is -2.26. The van der Waals surface area contributed by atoms with Crippen molar-refractivity contribution in [1.82, 2.24) is 5.32 Å². The summed E-state index contributed by atoms with van der Waals surface area (Å²) in [7, 11) is 0. The van der Waals surface area contributed by atoms with Crippen molar-refractivity contribution in [3.8, 4) is 11.5 Å². The fourth-order valence-corrected chi connectivity index (χ4v) is 4.11. The molecule has 2 heterocycles. The van der Waals surface area contributed by atoms with Crippen LogP contribution in [-0.4, -0.2) is 26.3 Å². The average molecular weight is 368 g/mol. The molecule has 0 spiro atoms. The van der Waals surface area contributed by atoms with Crippen LogP contribution in [0.4, 0.5) is 0 Å².